The molecule has 0 atom stereocenters. The highest BCUT2D eigenvalue weighted by molar-refractivity contribution is 5.94. The Hall–Kier alpha value is -2.43. The number of aryl methyl sites for hydroxylation is 2. The predicted molar refractivity (Wildman–Crippen MR) is 83.4 cm³/mol. The number of hydrogen-bond acceptors (Lipinski definition) is 4. The summed E-state index contributed by atoms with van der Waals surface area (Å²) in [6.45, 7) is 5.21. The lowest BCUT2D eigenvalue weighted by Gasteiger charge is -2.09. The van der Waals surface area contributed by atoms with Crippen LogP contribution in [0.2, 0.25) is 0 Å². The summed E-state index contributed by atoms with van der Waals surface area (Å²) in [4.78, 5) is 20.5. The molecule has 0 saturated heterocycles. The number of nitrogens with one attached hydrogen (secondary N) is 2. The largest absolute Gasteiger partial charge is 0.368 e. The molecule has 5 heteroatoms. The molecule has 0 aliphatic heterocycles. The fourth-order valence-corrected chi connectivity index (χ4v) is 1.89. The molecule has 0 bridgehead atoms. The van der Waals surface area contributed by atoms with Crippen LogP contribution in [-0.4, -0.2) is 29.0 Å². The van der Waals surface area contributed by atoms with Crippen LogP contribution in [0.1, 0.15) is 28.2 Å². The Balaban J connectivity index is 1.71. The Labute approximate surface area is 124 Å². The van der Waals surface area contributed by atoms with Crippen LogP contribution in [-0.2, 0) is 0 Å². The van der Waals surface area contributed by atoms with Gasteiger partial charge in [0.25, 0.3) is 5.91 Å². The summed E-state index contributed by atoms with van der Waals surface area (Å²) in [7, 11) is 0. The van der Waals surface area contributed by atoms with Crippen molar-refractivity contribution in [2.24, 2.45) is 0 Å². The fraction of sp³-hybridized carbons (Fsp3) is 0.312. The molecule has 0 saturated carbocycles. The molecule has 5 nitrogen and oxygen atoms in total. The van der Waals surface area contributed by atoms with Crippen LogP contribution in [0.15, 0.2) is 36.5 Å². The van der Waals surface area contributed by atoms with E-state index in [0.29, 0.717) is 12.1 Å². The average molecular weight is 284 g/mol. The Bertz CT molecular complexity index is 598. The Morgan fingerprint density at radius 2 is 1.90 bits per heavy atom. The van der Waals surface area contributed by atoms with E-state index >= 15 is 0 Å². The number of carbonyl (C=O) groups excluding carboxylic acids is 1. The summed E-state index contributed by atoms with van der Waals surface area (Å²) < 4.78 is 0. The summed E-state index contributed by atoms with van der Waals surface area (Å²) in [5.74, 6) is 0.770. The second-order valence-electron chi connectivity index (χ2n) is 4.85. The van der Waals surface area contributed by atoms with Crippen molar-refractivity contribution < 1.29 is 4.79 Å². The second kappa shape index (κ2) is 7.38. The number of amides is 1. The minimum absolute atomic E-state index is 0.0397. The zero-order chi connectivity index (χ0) is 15.1. The zero-order valence-corrected chi connectivity index (χ0v) is 12.4. The van der Waals surface area contributed by atoms with Crippen molar-refractivity contribution in [3.05, 3.63) is 53.5 Å². The van der Waals surface area contributed by atoms with Gasteiger partial charge in [0.2, 0.25) is 0 Å². The van der Waals surface area contributed by atoms with E-state index < -0.39 is 0 Å². The van der Waals surface area contributed by atoms with E-state index in [-0.39, 0.29) is 5.91 Å². The Morgan fingerprint density at radius 1 is 1.14 bits per heavy atom. The molecular formula is C16H20N4O. The Morgan fingerprint density at radius 3 is 2.67 bits per heavy atom. The van der Waals surface area contributed by atoms with Gasteiger partial charge in [0.1, 0.15) is 5.82 Å². The summed E-state index contributed by atoms with van der Waals surface area (Å²) in [5.41, 5.74) is 2.46. The summed E-state index contributed by atoms with van der Waals surface area (Å²) in [5, 5.41) is 6.14. The lowest BCUT2D eigenvalue weighted by molar-refractivity contribution is 0.0953. The number of rotatable bonds is 6. The number of nitrogens with zero attached hydrogens (tertiary/aromatic N) is 2. The molecule has 1 heterocycles. The lowest BCUT2D eigenvalue weighted by Crippen LogP contribution is -2.25. The molecule has 2 aromatic rings. The fourth-order valence-electron chi connectivity index (χ4n) is 1.89. The molecule has 2 N–H and O–H groups in total. The number of benzene rings is 1. The molecule has 2 rings (SSSR count). The van der Waals surface area contributed by atoms with Gasteiger partial charge < -0.3 is 10.6 Å². The first-order valence-corrected chi connectivity index (χ1v) is 7.04. The molecule has 0 aliphatic rings. The van der Waals surface area contributed by atoms with Crippen LogP contribution >= 0.6 is 0 Å². The SMILES string of the molecule is Cc1cnc(C)c(NCCCNC(=O)c2ccccc2)n1. The van der Waals surface area contributed by atoms with Crippen molar-refractivity contribution in [2.75, 3.05) is 18.4 Å². The van der Waals surface area contributed by atoms with Crippen molar-refractivity contribution in [1.82, 2.24) is 15.3 Å². The molecule has 0 spiro atoms. The van der Waals surface area contributed by atoms with Crippen LogP contribution in [0.4, 0.5) is 5.82 Å². The van der Waals surface area contributed by atoms with E-state index in [4.69, 9.17) is 0 Å². The third kappa shape index (κ3) is 4.56. The number of carbonyl (C=O) groups is 1. The van der Waals surface area contributed by atoms with E-state index in [1.54, 1.807) is 18.3 Å². The number of hydrogen-bond donors (Lipinski definition) is 2. The molecule has 1 aromatic carbocycles. The maximum absolute atomic E-state index is 11.8. The highest BCUT2D eigenvalue weighted by Crippen LogP contribution is 2.08. The molecule has 0 fully saturated rings. The lowest BCUT2D eigenvalue weighted by atomic mass is 10.2. The molecular weight excluding hydrogens is 264 g/mol. The minimum Gasteiger partial charge on any atom is -0.368 e. The average Bonchev–Trinajstić information content (AvgIpc) is 2.51. The van der Waals surface area contributed by atoms with Gasteiger partial charge in [-0.15, -0.1) is 0 Å². The first-order chi connectivity index (χ1) is 10.2. The Kier molecular flexibility index (Phi) is 5.26. The molecule has 110 valence electrons. The van der Waals surface area contributed by atoms with Gasteiger partial charge in [0.05, 0.1) is 11.4 Å². The monoisotopic (exact) mass is 284 g/mol. The van der Waals surface area contributed by atoms with Gasteiger partial charge in [0.15, 0.2) is 0 Å². The van der Waals surface area contributed by atoms with Crippen molar-refractivity contribution in [3.63, 3.8) is 0 Å². The topological polar surface area (TPSA) is 66.9 Å². The van der Waals surface area contributed by atoms with Gasteiger partial charge in [-0.3, -0.25) is 9.78 Å². The first-order valence-electron chi connectivity index (χ1n) is 7.04. The van der Waals surface area contributed by atoms with Crippen LogP contribution in [0.25, 0.3) is 0 Å². The van der Waals surface area contributed by atoms with Crippen molar-refractivity contribution in [1.29, 1.82) is 0 Å². The van der Waals surface area contributed by atoms with Crippen molar-refractivity contribution in [2.45, 2.75) is 20.3 Å². The predicted octanol–water partition coefficient (Wildman–Crippen LogP) is 2.33. The summed E-state index contributed by atoms with van der Waals surface area (Å²) in [6, 6.07) is 9.22. The third-order valence-electron chi connectivity index (χ3n) is 3.04. The molecule has 0 radical (unpaired) electrons. The third-order valence-corrected chi connectivity index (χ3v) is 3.04. The van der Waals surface area contributed by atoms with E-state index in [9.17, 15) is 4.79 Å². The standard InChI is InChI=1S/C16H20N4O/c1-12-11-19-13(2)15(20-12)17-9-6-10-18-16(21)14-7-4-3-5-8-14/h3-5,7-8,11H,6,9-10H2,1-2H3,(H,17,20)(H,18,21). The molecule has 0 unspecified atom stereocenters. The van der Waals surface area contributed by atoms with E-state index in [0.717, 1.165) is 30.2 Å². The summed E-state index contributed by atoms with van der Waals surface area (Å²) >= 11 is 0. The maximum Gasteiger partial charge on any atom is 0.251 e. The first kappa shape index (κ1) is 15.0. The highest BCUT2D eigenvalue weighted by Gasteiger charge is 2.03. The number of anilines is 1. The van der Waals surface area contributed by atoms with Crippen LogP contribution < -0.4 is 10.6 Å². The highest BCUT2D eigenvalue weighted by atomic mass is 16.1. The van der Waals surface area contributed by atoms with Gasteiger partial charge in [0, 0.05) is 24.8 Å². The van der Waals surface area contributed by atoms with E-state index in [2.05, 4.69) is 20.6 Å². The molecule has 1 aromatic heterocycles. The van der Waals surface area contributed by atoms with E-state index in [1.165, 1.54) is 0 Å². The molecule has 1 amide bonds. The number of aromatic nitrogens is 2. The van der Waals surface area contributed by atoms with Crippen LogP contribution in [0.5, 0.6) is 0 Å². The van der Waals surface area contributed by atoms with Gasteiger partial charge in [-0.2, -0.15) is 0 Å². The minimum atomic E-state index is -0.0397. The quantitative estimate of drug-likeness (QED) is 0.799. The van der Waals surface area contributed by atoms with Crippen molar-refractivity contribution in [3.8, 4) is 0 Å². The zero-order valence-electron chi connectivity index (χ0n) is 12.4. The van der Waals surface area contributed by atoms with Gasteiger partial charge in [-0.1, -0.05) is 18.2 Å². The molecule has 21 heavy (non-hydrogen) atoms. The van der Waals surface area contributed by atoms with Gasteiger partial charge in [-0.05, 0) is 32.4 Å². The van der Waals surface area contributed by atoms with Gasteiger partial charge in [-0.25, -0.2) is 4.98 Å². The summed E-state index contributed by atoms with van der Waals surface area (Å²) in [6.07, 6.45) is 2.58. The normalized spacial score (nSPS) is 10.2. The maximum atomic E-state index is 11.8. The van der Waals surface area contributed by atoms with Gasteiger partial charge >= 0.3 is 0 Å². The molecule has 0 aliphatic carbocycles. The van der Waals surface area contributed by atoms with Crippen LogP contribution in [0.3, 0.4) is 0 Å². The second-order valence-corrected chi connectivity index (χ2v) is 4.85. The van der Waals surface area contributed by atoms with Crippen molar-refractivity contribution >= 4 is 11.7 Å². The smallest absolute Gasteiger partial charge is 0.251 e. The van der Waals surface area contributed by atoms with Crippen LogP contribution in [0, 0.1) is 13.8 Å². The van der Waals surface area contributed by atoms with E-state index in [1.807, 2.05) is 32.0 Å².